The van der Waals surface area contributed by atoms with E-state index in [4.69, 9.17) is 27.6 Å². The van der Waals surface area contributed by atoms with Crippen LogP contribution < -0.4 is 4.90 Å². The third-order valence-electron chi connectivity index (χ3n) is 2.45. The monoisotopic (exact) mass is 288 g/mol. The zero-order valence-electron chi connectivity index (χ0n) is 9.44. The number of nitrogens with zero attached hydrogens (tertiary/aromatic N) is 2. The lowest BCUT2D eigenvalue weighted by Gasteiger charge is -2.21. The topological polar surface area (TPSA) is 29.3 Å². The Bertz CT molecular complexity index is 505. The number of rotatable bonds is 5. The van der Waals surface area contributed by atoms with Crippen LogP contribution in [-0.4, -0.2) is 18.2 Å². The fraction of sp³-hybridized carbons (Fsp3) is 0.250. The van der Waals surface area contributed by atoms with Gasteiger partial charge in [-0.1, -0.05) is 23.2 Å². The van der Waals surface area contributed by atoms with Crippen LogP contribution in [0.3, 0.4) is 0 Å². The van der Waals surface area contributed by atoms with Crippen LogP contribution in [0, 0.1) is 0 Å². The van der Waals surface area contributed by atoms with Crippen LogP contribution >= 0.6 is 23.2 Å². The molecule has 2 aromatic rings. The van der Waals surface area contributed by atoms with Crippen LogP contribution in [0.4, 0.5) is 10.1 Å². The molecular formula is C12H11Cl2FN2O. The first-order valence-electron chi connectivity index (χ1n) is 5.33. The Hall–Kier alpha value is -1.26. The molecule has 2 heterocycles. The Morgan fingerprint density at radius 1 is 1.39 bits per heavy atom. The molecule has 96 valence electrons. The maximum atomic E-state index is 12.5. The van der Waals surface area contributed by atoms with Crippen molar-refractivity contribution in [3.63, 3.8) is 0 Å². The van der Waals surface area contributed by atoms with E-state index < -0.39 is 6.67 Å². The molecule has 0 aliphatic carbocycles. The highest BCUT2D eigenvalue weighted by Crippen LogP contribution is 2.22. The smallest absolute Gasteiger partial charge is 0.147 e. The van der Waals surface area contributed by atoms with Gasteiger partial charge < -0.3 is 9.32 Å². The second-order valence-corrected chi connectivity index (χ2v) is 4.47. The van der Waals surface area contributed by atoms with E-state index in [9.17, 15) is 4.39 Å². The lowest BCUT2D eigenvalue weighted by molar-refractivity contribution is 0.488. The summed E-state index contributed by atoms with van der Waals surface area (Å²) in [7, 11) is 0. The van der Waals surface area contributed by atoms with E-state index in [1.165, 1.54) is 0 Å². The molecular weight excluding hydrogens is 278 g/mol. The fourth-order valence-electron chi connectivity index (χ4n) is 1.61. The molecule has 0 atom stereocenters. The second kappa shape index (κ2) is 6.07. The first-order chi connectivity index (χ1) is 8.70. The Kier molecular flexibility index (Phi) is 4.44. The van der Waals surface area contributed by atoms with Crippen molar-refractivity contribution in [2.24, 2.45) is 0 Å². The van der Waals surface area contributed by atoms with Crippen LogP contribution in [0.1, 0.15) is 5.56 Å². The third-order valence-corrected chi connectivity index (χ3v) is 3.14. The quantitative estimate of drug-likeness (QED) is 0.780. The minimum Gasteiger partial charge on any atom is -0.470 e. The van der Waals surface area contributed by atoms with E-state index >= 15 is 0 Å². The van der Waals surface area contributed by atoms with E-state index in [2.05, 4.69) is 4.98 Å². The van der Waals surface area contributed by atoms with Gasteiger partial charge in [0.1, 0.15) is 18.1 Å². The van der Waals surface area contributed by atoms with E-state index in [0.29, 0.717) is 11.6 Å². The van der Waals surface area contributed by atoms with Crippen LogP contribution in [0.5, 0.6) is 0 Å². The molecule has 0 saturated heterocycles. The molecule has 2 rings (SSSR count). The van der Waals surface area contributed by atoms with Gasteiger partial charge >= 0.3 is 0 Å². The minimum atomic E-state index is -0.445. The first-order valence-corrected chi connectivity index (χ1v) is 6.09. The Morgan fingerprint density at radius 3 is 2.83 bits per heavy atom. The summed E-state index contributed by atoms with van der Waals surface area (Å²) in [6.07, 6.45) is 4.74. The molecule has 0 aliphatic rings. The summed E-state index contributed by atoms with van der Waals surface area (Å²) >= 11 is 11.6. The number of pyridine rings is 1. The highest BCUT2D eigenvalue weighted by atomic mass is 35.5. The van der Waals surface area contributed by atoms with Gasteiger partial charge in [-0.2, -0.15) is 0 Å². The van der Waals surface area contributed by atoms with Crippen molar-refractivity contribution in [1.82, 2.24) is 4.98 Å². The first kappa shape index (κ1) is 13.2. The van der Waals surface area contributed by atoms with Gasteiger partial charge in [-0.3, -0.25) is 0 Å². The Morgan fingerprint density at radius 2 is 2.22 bits per heavy atom. The van der Waals surface area contributed by atoms with Crippen molar-refractivity contribution in [2.45, 2.75) is 6.54 Å². The number of halogens is 3. The average Bonchev–Trinajstić information content (AvgIpc) is 2.87. The van der Waals surface area contributed by atoms with Crippen molar-refractivity contribution >= 4 is 28.9 Å². The molecule has 6 heteroatoms. The van der Waals surface area contributed by atoms with Gasteiger partial charge in [-0.05, 0) is 17.7 Å². The van der Waals surface area contributed by atoms with Gasteiger partial charge in [0.25, 0.3) is 0 Å². The number of hydrogen-bond acceptors (Lipinski definition) is 3. The SMILES string of the molecule is FCCN(Cc1cnc(Cl)c(Cl)c1)c1ccoc1. The summed E-state index contributed by atoms with van der Waals surface area (Å²) < 4.78 is 17.5. The molecule has 18 heavy (non-hydrogen) atoms. The van der Waals surface area contributed by atoms with Gasteiger partial charge in [0.05, 0.1) is 17.0 Å². The standard InChI is InChI=1S/C12H11Cl2FN2O/c13-11-5-9(6-16-12(11)14)7-17(3-2-15)10-1-4-18-8-10/h1,4-6,8H,2-3,7H2. The average molecular weight is 289 g/mol. The molecule has 0 fully saturated rings. The van der Waals surface area contributed by atoms with Crippen LogP contribution in [-0.2, 0) is 6.54 Å². The van der Waals surface area contributed by atoms with Crippen LogP contribution in [0.25, 0.3) is 0 Å². The van der Waals surface area contributed by atoms with Gasteiger partial charge in [-0.25, -0.2) is 9.37 Å². The molecule has 0 spiro atoms. The lowest BCUT2D eigenvalue weighted by atomic mass is 10.2. The van der Waals surface area contributed by atoms with Crippen LogP contribution in [0.15, 0.2) is 35.3 Å². The summed E-state index contributed by atoms with van der Waals surface area (Å²) in [6, 6.07) is 3.50. The van der Waals surface area contributed by atoms with Crippen molar-refractivity contribution < 1.29 is 8.81 Å². The Balaban J connectivity index is 2.16. The molecule has 0 amide bonds. The zero-order chi connectivity index (χ0) is 13.0. The minimum absolute atomic E-state index is 0.265. The molecule has 0 aliphatic heterocycles. The highest BCUT2D eigenvalue weighted by Gasteiger charge is 2.10. The van der Waals surface area contributed by atoms with E-state index in [-0.39, 0.29) is 11.7 Å². The normalized spacial score (nSPS) is 10.6. The molecule has 0 unspecified atom stereocenters. The van der Waals surface area contributed by atoms with Crippen molar-refractivity contribution in [3.05, 3.63) is 46.6 Å². The maximum Gasteiger partial charge on any atom is 0.147 e. The van der Waals surface area contributed by atoms with Crippen LogP contribution in [0.2, 0.25) is 10.2 Å². The molecule has 2 aromatic heterocycles. The van der Waals surface area contributed by atoms with Crippen molar-refractivity contribution in [3.8, 4) is 0 Å². The third kappa shape index (κ3) is 3.15. The van der Waals surface area contributed by atoms with Gasteiger partial charge in [0.15, 0.2) is 0 Å². The largest absolute Gasteiger partial charge is 0.470 e. The zero-order valence-corrected chi connectivity index (χ0v) is 11.0. The predicted molar refractivity (Wildman–Crippen MR) is 70.0 cm³/mol. The predicted octanol–water partition coefficient (Wildman–Crippen LogP) is 3.96. The summed E-state index contributed by atoms with van der Waals surface area (Å²) in [5.74, 6) is 0. The molecule has 0 radical (unpaired) electrons. The molecule has 0 bridgehead atoms. The van der Waals surface area contributed by atoms with E-state index in [0.717, 1.165) is 11.3 Å². The number of furan rings is 1. The number of aromatic nitrogens is 1. The van der Waals surface area contributed by atoms with E-state index in [1.807, 2.05) is 4.90 Å². The number of hydrogen-bond donors (Lipinski definition) is 0. The number of anilines is 1. The second-order valence-electron chi connectivity index (χ2n) is 3.71. The number of alkyl halides is 1. The van der Waals surface area contributed by atoms with Gasteiger partial charge in [0, 0.05) is 19.3 Å². The van der Waals surface area contributed by atoms with Crippen molar-refractivity contribution in [2.75, 3.05) is 18.1 Å². The van der Waals surface area contributed by atoms with Crippen molar-refractivity contribution in [1.29, 1.82) is 0 Å². The van der Waals surface area contributed by atoms with E-state index in [1.54, 1.807) is 30.9 Å². The Labute approximate surface area is 114 Å². The van der Waals surface area contributed by atoms with Gasteiger partial charge in [-0.15, -0.1) is 0 Å². The molecule has 0 N–H and O–H groups in total. The maximum absolute atomic E-state index is 12.5. The summed E-state index contributed by atoms with van der Waals surface area (Å²) in [5.41, 5.74) is 1.68. The molecule has 0 saturated carbocycles. The highest BCUT2D eigenvalue weighted by molar-refractivity contribution is 6.41. The van der Waals surface area contributed by atoms with Gasteiger partial charge in [0.2, 0.25) is 0 Å². The summed E-state index contributed by atoms with van der Waals surface area (Å²) in [6.45, 7) is 0.326. The summed E-state index contributed by atoms with van der Waals surface area (Å²) in [4.78, 5) is 5.80. The summed E-state index contributed by atoms with van der Waals surface area (Å²) in [5, 5.41) is 0.655. The lowest BCUT2D eigenvalue weighted by Crippen LogP contribution is -2.24. The molecule has 3 nitrogen and oxygen atoms in total. The fourth-order valence-corrected chi connectivity index (χ4v) is 1.90. The molecule has 0 aromatic carbocycles.